The van der Waals surface area contributed by atoms with Gasteiger partial charge in [-0.05, 0) is 157 Å². The monoisotopic (exact) mass is 982 g/mol. The first-order valence-electron chi connectivity index (χ1n) is 26.2. The molecule has 0 fully saturated rings. The summed E-state index contributed by atoms with van der Waals surface area (Å²) in [4.78, 5) is 4.92. The molecule has 0 saturated carbocycles. The molecule has 2 aliphatic carbocycles. The van der Waals surface area contributed by atoms with Gasteiger partial charge in [0.1, 0.15) is 0 Å². The maximum atomic E-state index is 2.55. The molecule has 1 unspecified atom stereocenters. The molecule has 16 rings (SSSR count). The highest BCUT2D eigenvalue weighted by Crippen LogP contribution is 2.63. The van der Waals surface area contributed by atoms with Crippen LogP contribution in [0.4, 0.5) is 34.1 Å². The average molecular weight is 983 g/mol. The molecule has 1 spiro atoms. The van der Waals surface area contributed by atoms with Crippen molar-refractivity contribution in [3.05, 3.63) is 301 Å². The fourth-order valence-corrected chi connectivity index (χ4v) is 14.4. The van der Waals surface area contributed by atoms with Crippen LogP contribution in [0.1, 0.15) is 22.3 Å². The Morgan fingerprint density at radius 2 is 0.750 bits per heavy atom. The second-order valence-corrected chi connectivity index (χ2v) is 21.4. The van der Waals surface area contributed by atoms with E-state index in [9.17, 15) is 0 Å². The van der Waals surface area contributed by atoms with E-state index in [0.717, 1.165) is 34.1 Å². The third kappa shape index (κ3) is 6.21. The molecule has 3 heteroatoms. The molecule has 3 aliphatic rings. The summed E-state index contributed by atoms with van der Waals surface area (Å²) in [7, 11) is 0. The number of benzene rings is 12. The summed E-state index contributed by atoms with van der Waals surface area (Å²) in [6.07, 6.45) is 0. The van der Waals surface area contributed by atoms with Crippen molar-refractivity contribution in [3.63, 3.8) is 0 Å². The summed E-state index contributed by atoms with van der Waals surface area (Å²) in [6, 6.07) is 104. The minimum absolute atomic E-state index is 0.619. The molecule has 0 amide bonds. The average Bonchev–Trinajstić information content (AvgIpc) is 4.08. The molecule has 76 heavy (non-hydrogen) atoms. The van der Waals surface area contributed by atoms with Gasteiger partial charge in [-0.1, -0.05) is 200 Å². The lowest BCUT2D eigenvalue weighted by atomic mass is 9.66. The Hall–Kier alpha value is -9.54. The lowest BCUT2D eigenvalue weighted by Crippen LogP contribution is -2.29. The summed E-state index contributed by atoms with van der Waals surface area (Å²) in [5, 5.41) is 2.64. The Labute approximate surface area is 446 Å². The molecule has 0 bridgehead atoms. The van der Waals surface area contributed by atoms with Crippen LogP contribution in [0.3, 0.4) is 0 Å². The zero-order valence-corrected chi connectivity index (χ0v) is 42.2. The van der Waals surface area contributed by atoms with Crippen molar-refractivity contribution >= 4 is 65.6 Å². The summed E-state index contributed by atoms with van der Waals surface area (Å²) in [6.45, 7) is 0. The zero-order valence-electron chi connectivity index (χ0n) is 41.4. The van der Waals surface area contributed by atoms with E-state index in [4.69, 9.17) is 0 Å². The van der Waals surface area contributed by atoms with Gasteiger partial charge in [0.15, 0.2) is 0 Å². The van der Waals surface area contributed by atoms with Crippen LogP contribution >= 0.6 is 11.3 Å². The summed E-state index contributed by atoms with van der Waals surface area (Å²) in [5.41, 5.74) is 26.0. The topological polar surface area (TPSA) is 6.48 Å². The third-order valence-electron chi connectivity index (χ3n) is 16.4. The van der Waals surface area contributed by atoms with Crippen LogP contribution < -0.4 is 9.80 Å². The Morgan fingerprint density at radius 1 is 0.276 bits per heavy atom. The van der Waals surface area contributed by atoms with Gasteiger partial charge in [-0.2, -0.15) is 0 Å². The van der Waals surface area contributed by atoms with Crippen molar-refractivity contribution in [2.45, 2.75) is 5.41 Å². The van der Waals surface area contributed by atoms with Crippen molar-refractivity contribution < 1.29 is 0 Å². The van der Waals surface area contributed by atoms with E-state index in [1.807, 2.05) is 11.3 Å². The Morgan fingerprint density at radius 3 is 1.47 bits per heavy atom. The van der Waals surface area contributed by atoms with Gasteiger partial charge in [0, 0.05) is 54.0 Å². The predicted molar refractivity (Wildman–Crippen MR) is 320 cm³/mol. The maximum Gasteiger partial charge on any atom is 0.0726 e. The van der Waals surface area contributed by atoms with Crippen LogP contribution in [0, 0.1) is 0 Å². The van der Waals surface area contributed by atoms with Crippen molar-refractivity contribution in [1.82, 2.24) is 0 Å². The van der Waals surface area contributed by atoms with E-state index in [-0.39, 0.29) is 0 Å². The summed E-state index contributed by atoms with van der Waals surface area (Å²) in [5.74, 6) is 0. The Kier molecular flexibility index (Phi) is 9.45. The SMILES string of the molecule is c1ccc(-c2ccc(N(c3ccc4c(c3)-c3ccccc3-c3ccccc3N4c3ccccc3)c3ccc4c(c3)-c3ccccc3-c3ccccc3C43c4ccccc4-c4cc5c(cc43)sc3ccccc35)cc2)cc1. The second-order valence-electron chi connectivity index (χ2n) is 20.3. The third-order valence-corrected chi connectivity index (χ3v) is 17.6. The van der Waals surface area contributed by atoms with Gasteiger partial charge in [0.05, 0.1) is 16.8 Å². The molecular weight excluding hydrogens is 937 g/mol. The van der Waals surface area contributed by atoms with Gasteiger partial charge in [0.2, 0.25) is 0 Å². The smallest absolute Gasteiger partial charge is 0.0726 e. The molecule has 2 heterocycles. The van der Waals surface area contributed by atoms with Gasteiger partial charge >= 0.3 is 0 Å². The quantitative estimate of drug-likeness (QED) is 0.170. The Bertz CT molecular complexity index is 4480. The number of hydrogen-bond acceptors (Lipinski definition) is 3. The fourth-order valence-electron chi connectivity index (χ4n) is 13.2. The number of hydrogen-bond donors (Lipinski definition) is 0. The number of anilines is 6. The van der Waals surface area contributed by atoms with Gasteiger partial charge in [0.25, 0.3) is 0 Å². The van der Waals surface area contributed by atoms with E-state index in [0.29, 0.717) is 0 Å². The number of para-hydroxylation sites is 2. The number of fused-ring (bicyclic) bond motifs is 20. The van der Waals surface area contributed by atoms with Gasteiger partial charge in [-0.15, -0.1) is 11.3 Å². The molecule has 1 aromatic heterocycles. The molecular formula is C73H46N2S. The molecule has 0 saturated heterocycles. The highest BCUT2D eigenvalue weighted by molar-refractivity contribution is 7.25. The molecule has 1 atom stereocenters. The molecule has 12 aromatic carbocycles. The van der Waals surface area contributed by atoms with Gasteiger partial charge < -0.3 is 9.80 Å². The van der Waals surface area contributed by atoms with E-state index in [2.05, 4.69) is 289 Å². The highest BCUT2D eigenvalue weighted by Gasteiger charge is 2.50. The standard InChI is InChI=1S/C73H46N2S/c1-3-19-47(20-4-1)48-35-37-50(38-36-48)74(52-40-42-70-63(44-52)56-26-10-8-24-54(56)59-29-13-17-33-69(59)75(70)49-21-5-2-6-22-49)51-39-41-67-61(43-51)55-25-9-7-23-53(55)57-27-11-15-31-65(57)73(67)66-32-16-12-28-58(66)62-45-64-60-30-14-18-34-71(60)76-72(64)46-68(62)73/h1-46H. The first-order chi connectivity index (χ1) is 37.7. The van der Waals surface area contributed by atoms with Crippen LogP contribution in [0.2, 0.25) is 0 Å². The summed E-state index contributed by atoms with van der Waals surface area (Å²) >= 11 is 1.90. The molecule has 0 radical (unpaired) electrons. The van der Waals surface area contributed by atoms with Crippen molar-refractivity contribution in [2.75, 3.05) is 9.80 Å². The van der Waals surface area contributed by atoms with Crippen molar-refractivity contribution in [2.24, 2.45) is 0 Å². The molecule has 13 aromatic rings. The predicted octanol–water partition coefficient (Wildman–Crippen LogP) is 20.3. The Balaban J connectivity index is 0.971. The zero-order chi connectivity index (χ0) is 49.9. The van der Waals surface area contributed by atoms with E-state index in [1.165, 1.54) is 109 Å². The van der Waals surface area contributed by atoms with Crippen molar-refractivity contribution in [1.29, 1.82) is 0 Å². The minimum atomic E-state index is -0.619. The van der Waals surface area contributed by atoms with Crippen LogP contribution in [-0.4, -0.2) is 0 Å². The molecule has 1 aliphatic heterocycles. The lowest BCUT2D eigenvalue weighted by molar-refractivity contribution is 0.776. The lowest BCUT2D eigenvalue weighted by Gasteiger charge is -2.36. The number of thiophene rings is 1. The van der Waals surface area contributed by atoms with Crippen LogP contribution in [-0.2, 0) is 5.41 Å². The normalized spacial score (nSPS) is 14.3. The van der Waals surface area contributed by atoms with Crippen molar-refractivity contribution in [3.8, 4) is 66.8 Å². The first kappa shape index (κ1) is 42.9. The largest absolute Gasteiger partial charge is 0.310 e. The van der Waals surface area contributed by atoms with Crippen LogP contribution in [0.25, 0.3) is 86.9 Å². The van der Waals surface area contributed by atoms with Gasteiger partial charge in [-0.25, -0.2) is 0 Å². The number of nitrogens with zero attached hydrogens (tertiary/aromatic N) is 2. The van der Waals surface area contributed by atoms with Crippen LogP contribution in [0.15, 0.2) is 279 Å². The highest BCUT2D eigenvalue weighted by atomic mass is 32.1. The maximum absolute atomic E-state index is 2.55. The minimum Gasteiger partial charge on any atom is -0.310 e. The molecule has 0 N–H and O–H groups in total. The van der Waals surface area contributed by atoms with Crippen LogP contribution in [0.5, 0.6) is 0 Å². The summed E-state index contributed by atoms with van der Waals surface area (Å²) < 4.78 is 2.63. The molecule has 2 nitrogen and oxygen atoms in total. The van der Waals surface area contributed by atoms with E-state index >= 15 is 0 Å². The van der Waals surface area contributed by atoms with E-state index < -0.39 is 5.41 Å². The first-order valence-corrected chi connectivity index (χ1v) is 27.1. The fraction of sp³-hybridized carbons (Fsp3) is 0.0137. The second kappa shape index (κ2) is 16.7. The van der Waals surface area contributed by atoms with E-state index in [1.54, 1.807) is 0 Å². The number of rotatable bonds is 5. The van der Waals surface area contributed by atoms with Gasteiger partial charge in [-0.3, -0.25) is 0 Å². The molecule has 354 valence electrons.